The summed E-state index contributed by atoms with van der Waals surface area (Å²) >= 11 is 1.58. The van der Waals surface area contributed by atoms with Gasteiger partial charge in [0.15, 0.2) is 5.13 Å². The lowest BCUT2D eigenvalue weighted by Crippen LogP contribution is -2.34. The molecule has 0 aliphatic carbocycles. The third-order valence-corrected chi connectivity index (χ3v) is 6.07. The van der Waals surface area contributed by atoms with E-state index in [1.807, 2.05) is 24.4 Å². The number of rotatable bonds is 6. The highest BCUT2D eigenvalue weighted by atomic mass is 32.1. The number of nitrogens with one attached hydrogen (secondary N) is 1. The van der Waals surface area contributed by atoms with Gasteiger partial charge in [-0.1, -0.05) is 17.4 Å². The summed E-state index contributed by atoms with van der Waals surface area (Å²) in [6.07, 6.45) is 5.39. The van der Waals surface area contributed by atoms with E-state index < -0.39 is 5.97 Å². The lowest BCUT2D eigenvalue weighted by molar-refractivity contribution is -0.138. The Kier molecular flexibility index (Phi) is 5.86. The molecule has 2 N–H and O–H groups in total. The Balaban J connectivity index is 1.44. The van der Waals surface area contributed by atoms with Gasteiger partial charge >= 0.3 is 5.97 Å². The maximum absolute atomic E-state index is 10.9. The lowest BCUT2D eigenvalue weighted by Gasteiger charge is -2.30. The van der Waals surface area contributed by atoms with E-state index in [1.165, 1.54) is 0 Å². The van der Waals surface area contributed by atoms with Gasteiger partial charge < -0.3 is 15.3 Å². The topological polar surface area (TPSA) is 115 Å². The third kappa shape index (κ3) is 4.72. The molecule has 3 aromatic heterocycles. The number of anilines is 3. The Hall–Kier alpha value is -3.51. The van der Waals surface area contributed by atoms with Crippen molar-refractivity contribution in [3.63, 3.8) is 0 Å². The van der Waals surface area contributed by atoms with E-state index in [1.54, 1.807) is 29.7 Å². The second-order valence-electron chi connectivity index (χ2n) is 7.11. The molecule has 0 spiro atoms. The average molecular weight is 420 g/mol. The highest BCUT2D eigenvalue weighted by Crippen LogP contribution is 2.33. The molecule has 4 rings (SSSR count). The molecule has 0 aromatic carbocycles. The molecular weight excluding hydrogens is 400 g/mol. The Morgan fingerprint density at radius 3 is 2.87 bits per heavy atom. The number of aromatic nitrogens is 3. The fourth-order valence-corrected chi connectivity index (χ4v) is 4.38. The Labute approximate surface area is 177 Å². The Morgan fingerprint density at radius 1 is 1.27 bits per heavy atom. The first-order chi connectivity index (χ1) is 14.6. The van der Waals surface area contributed by atoms with Gasteiger partial charge in [-0.25, -0.2) is 15.0 Å². The number of carboxylic acids is 1. The van der Waals surface area contributed by atoms with Crippen molar-refractivity contribution in [1.29, 1.82) is 5.26 Å². The molecule has 0 bridgehead atoms. The lowest BCUT2D eigenvalue weighted by atomic mass is 9.94. The van der Waals surface area contributed by atoms with E-state index in [0.717, 1.165) is 41.6 Å². The first kappa shape index (κ1) is 19.8. The number of thiazole rings is 1. The summed E-state index contributed by atoms with van der Waals surface area (Å²) in [4.78, 5) is 27.5. The zero-order chi connectivity index (χ0) is 20.9. The largest absolute Gasteiger partial charge is 0.481 e. The van der Waals surface area contributed by atoms with Crippen molar-refractivity contribution in [3.8, 4) is 16.6 Å². The summed E-state index contributed by atoms with van der Waals surface area (Å²) in [5.74, 6) is 0.724. The first-order valence-corrected chi connectivity index (χ1v) is 10.5. The van der Waals surface area contributed by atoms with Gasteiger partial charge in [-0.2, -0.15) is 5.26 Å². The molecule has 3 aromatic rings. The SMILES string of the molecule is N#Cc1ccnc(Nc2cccc(-c3cnc(N4CCC(CC(=O)O)CC4)s3)n2)c1. The van der Waals surface area contributed by atoms with E-state index in [0.29, 0.717) is 17.2 Å². The van der Waals surface area contributed by atoms with Gasteiger partial charge in [-0.3, -0.25) is 4.79 Å². The number of carbonyl (C=O) groups is 1. The van der Waals surface area contributed by atoms with Crippen molar-refractivity contribution >= 4 is 34.1 Å². The number of piperidine rings is 1. The molecule has 1 saturated heterocycles. The molecule has 9 heteroatoms. The van der Waals surface area contributed by atoms with E-state index in [2.05, 4.69) is 31.2 Å². The molecule has 1 fully saturated rings. The van der Waals surface area contributed by atoms with E-state index in [-0.39, 0.29) is 12.3 Å². The maximum atomic E-state index is 10.9. The quantitative estimate of drug-likeness (QED) is 0.617. The monoisotopic (exact) mass is 420 g/mol. The third-order valence-electron chi connectivity index (χ3n) is 4.99. The Morgan fingerprint density at radius 2 is 2.10 bits per heavy atom. The van der Waals surface area contributed by atoms with Crippen LogP contribution in [0.3, 0.4) is 0 Å². The molecule has 8 nitrogen and oxygen atoms in total. The number of aliphatic carboxylic acids is 1. The fraction of sp³-hybridized carbons (Fsp3) is 0.286. The number of hydrogen-bond acceptors (Lipinski definition) is 8. The predicted octanol–water partition coefficient (Wildman–Crippen LogP) is 3.91. The second-order valence-corrected chi connectivity index (χ2v) is 8.12. The molecular formula is C21H20N6O2S. The molecule has 1 aliphatic rings. The van der Waals surface area contributed by atoms with E-state index in [4.69, 9.17) is 10.4 Å². The van der Waals surface area contributed by atoms with Crippen LogP contribution in [0.2, 0.25) is 0 Å². The van der Waals surface area contributed by atoms with Gasteiger partial charge in [0.05, 0.1) is 22.2 Å². The molecule has 0 radical (unpaired) electrons. The van der Waals surface area contributed by atoms with Crippen LogP contribution in [0, 0.1) is 17.2 Å². The van der Waals surface area contributed by atoms with E-state index in [9.17, 15) is 4.79 Å². The summed E-state index contributed by atoms with van der Waals surface area (Å²) in [7, 11) is 0. The van der Waals surface area contributed by atoms with Gasteiger partial charge in [0.25, 0.3) is 0 Å². The van der Waals surface area contributed by atoms with Crippen molar-refractivity contribution in [2.75, 3.05) is 23.3 Å². The van der Waals surface area contributed by atoms with Crippen LogP contribution in [0.5, 0.6) is 0 Å². The zero-order valence-electron chi connectivity index (χ0n) is 16.2. The fourth-order valence-electron chi connectivity index (χ4n) is 3.45. The van der Waals surface area contributed by atoms with Crippen molar-refractivity contribution in [2.24, 2.45) is 5.92 Å². The van der Waals surface area contributed by atoms with Gasteiger partial charge in [-0.05, 0) is 43.0 Å². The smallest absolute Gasteiger partial charge is 0.303 e. The Bertz CT molecular complexity index is 1080. The van der Waals surface area contributed by atoms with Crippen LogP contribution in [-0.2, 0) is 4.79 Å². The van der Waals surface area contributed by atoms with Gasteiger partial charge in [0.2, 0.25) is 0 Å². The highest BCUT2D eigenvalue weighted by molar-refractivity contribution is 7.18. The molecule has 0 unspecified atom stereocenters. The zero-order valence-corrected chi connectivity index (χ0v) is 17.0. The first-order valence-electron chi connectivity index (χ1n) is 9.64. The van der Waals surface area contributed by atoms with Crippen LogP contribution in [0.25, 0.3) is 10.6 Å². The van der Waals surface area contributed by atoms with Crippen molar-refractivity contribution in [1.82, 2.24) is 15.0 Å². The standard InChI is InChI=1S/C21H20N6O2S/c22-12-15-4-7-23-19(10-15)26-18-3-1-2-16(25-18)17-13-24-21(30-17)27-8-5-14(6-9-27)11-20(28)29/h1-4,7,10,13-14H,5-6,8-9,11H2,(H,28,29)(H,23,25,26). The number of nitriles is 1. The summed E-state index contributed by atoms with van der Waals surface area (Å²) in [6, 6.07) is 11.1. The summed E-state index contributed by atoms with van der Waals surface area (Å²) in [5, 5.41) is 22.1. The molecule has 0 saturated carbocycles. The van der Waals surface area contributed by atoms with Crippen LogP contribution in [0.4, 0.5) is 16.8 Å². The molecule has 1 aliphatic heterocycles. The van der Waals surface area contributed by atoms with Crippen LogP contribution in [-0.4, -0.2) is 39.1 Å². The summed E-state index contributed by atoms with van der Waals surface area (Å²) < 4.78 is 0. The second kappa shape index (κ2) is 8.88. The van der Waals surface area contributed by atoms with Crippen LogP contribution >= 0.6 is 11.3 Å². The summed E-state index contributed by atoms with van der Waals surface area (Å²) in [6.45, 7) is 1.64. The minimum Gasteiger partial charge on any atom is -0.481 e. The van der Waals surface area contributed by atoms with Crippen LogP contribution in [0.1, 0.15) is 24.8 Å². The highest BCUT2D eigenvalue weighted by Gasteiger charge is 2.23. The average Bonchev–Trinajstić information content (AvgIpc) is 3.24. The van der Waals surface area contributed by atoms with Crippen molar-refractivity contribution in [3.05, 3.63) is 48.3 Å². The van der Waals surface area contributed by atoms with Gasteiger partial charge in [-0.15, -0.1) is 0 Å². The van der Waals surface area contributed by atoms with Crippen LogP contribution < -0.4 is 10.2 Å². The number of hydrogen-bond donors (Lipinski definition) is 2. The molecule has 152 valence electrons. The van der Waals surface area contributed by atoms with Gasteiger partial charge in [0, 0.05) is 31.9 Å². The minimum absolute atomic E-state index is 0.243. The molecule has 0 atom stereocenters. The van der Waals surface area contributed by atoms with Crippen molar-refractivity contribution in [2.45, 2.75) is 19.3 Å². The maximum Gasteiger partial charge on any atom is 0.303 e. The molecule has 4 heterocycles. The van der Waals surface area contributed by atoms with E-state index >= 15 is 0 Å². The number of carboxylic acid groups (broad SMARTS) is 1. The van der Waals surface area contributed by atoms with Crippen molar-refractivity contribution < 1.29 is 9.90 Å². The predicted molar refractivity (Wildman–Crippen MR) is 115 cm³/mol. The number of nitrogens with zero attached hydrogens (tertiary/aromatic N) is 5. The number of pyridine rings is 2. The summed E-state index contributed by atoms with van der Waals surface area (Å²) in [5.41, 5.74) is 1.34. The van der Waals surface area contributed by atoms with Crippen LogP contribution in [0.15, 0.2) is 42.7 Å². The normalized spacial score (nSPS) is 14.3. The molecule has 0 amide bonds. The molecule has 30 heavy (non-hydrogen) atoms. The van der Waals surface area contributed by atoms with Gasteiger partial charge in [0.1, 0.15) is 11.6 Å². The minimum atomic E-state index is -0.723.